The van der Waals surface area contributed by atoms with Crippen molar-refractivity contribution in [2.45, 2.75) is 32.3 Å². The molecule has 126 valence electrons. The highest BCUT2D eigenvalue weighted by molar-refractivity contribution is 9.10. The molecule has 2 aromatic rings. The van der Waals surface area contributed by atoms with Crippen LogP contribution in [0.2, 0.25) is 0 Å². The Morgan fingerprint density at radius 3 is 2.54 bits per heavy atom. The van der Waals surface area contributed by atoms with Crippen LogP contribution in [0.3, 0.4) is 0 Å². The number of aryl methyl sites for hydroxylation is 1. The van der Waals surface area contributed by atoms with Crippen LogP contribution >= 0.6 is 15.9 Å². The summed E-state index contributed by atoms with van der Waals surface area (Å²) in [6, 6.07) is 16.4. The van der Waals surface area contributed by atoms with E-state index < -0.39 is 0 Å². The lowest BCUT2D eigenvalue weighted by Crippen LogP contribution is -2.38. The first-order valence-electron chi connectivity index (χ1n) is 8.35. The predicted octanol–water partition coefficient (Wildman–Crippen LogP) is 5.27. The monoisotopic (exact) mass is 387 g/mol. The first-order valence-corrected chi connectivity index (χ1v) is 9.14. The standard InChI is InChI=1S/C20H22BrNO2/c1-15-13-18(7-8-19(15)21)17-9-11-22(12-10-17)20(23)24-14-16-5-3-2-4-6-16/h2-8,13,17H,9-12,14H2,1H3. The van der Waals surface area contributed by atoms with Gasteiger partial charge in [0.1, 0.15) is 6.61 Å². The predicted molar refractivity (Wildman–Crippen MR) is 99.1 cm³/mol. The summed E-state index contributed by atoms with van der Waals surface area (Å²) in [5.41, 5.74) is 3.65. The third-order valence-electron chi connectivity index (χ3n) is 4.61. The van der Waals surface area contributed by atoms with Gasteiger partial charge in [0.25, 0.3) is 0 Å². The first kappa shape index (κ1) is 17.0. The smallest absolute Gasteiger partial charge is 0.410 e. The molecule has 0 spiro atoms. The number of hydrogen-bond acceptors (Lipinski definition) is 2. The van der Waals surface area contributed by atoms with Crippen molar-refractivity contribution in [2.24, 2.45) is 0 Å². The fourth-order valence-corrected chi connectivity index (χ4v) is 3.37. The van der Waals surface area contributed by atoms with Crippen molar-refractivity contribution in [3.63, 3.8) is 0 Å². The molecular formula is C20H22BrNO2. The molecule has 0 atom stereocenters. The first-order chi connectivity index (χ1) is 11.6. The van der Waals surface area contributed by atoms with E-state index in [0.29, 0.717) is 12.5 Å². The molecule has 4 heteroatoms. The maximum Gasteiger partial charge on any atom is 0.410 e. The molecule has 1 saturated heterocycles. The quantitative estimate of drug-likeness (QED) is 0.717. The molecule has 1 heterocycles. The second-order valence-electron chi connectivity index (χ2n) is 6.31. The van der Waals surface area contributed by atoms with Crippen LogP contribution in [0.25, 0.3) is 0 Å². The summed E-state index contributed by atoms with van der Waals surface area (Å²) in [6.45, 7) is 3.97. The number of carbonyl (C=O) groups is 1. The molecule has 3 rings (SSSR count). The molecule has 0 bridgehead atoms. The average molecular weight is 388 g/mol. The molecule has 0 aromatic heterocycles. The largest absolute Gasteiger partial charge is 0.445 e. The Hall–Kier alpha value is -1.81. The second-order valence-corrected chi connectivity index (χ2v) is 7.16. The molecule has 0 unspecified atom stereocenters. The van der Waals surface area contributed by atoms with Crippen LogP contribution < -0.4 is 0 Å². The van der Waals surface area contributed by atoms with Crippen LogP contribution in [0.1, 0.15) is 35.4 Å². The van der Waals surface area contributed by atoms with E-state index in [1.807, 2.05) is 35.2 Å². The van der Waals surface area contributed by atoms with Crippen LogP contribution in [0.15, 0.2) is 53.0 Å². The Bertz CT molecular complexity index is 694. The molecule has 1 aliphatic rings. The van der Waals surface area contributed by atoms with Gasteiger partial charge >= 0.3 is 6.09 Å². The minimum absolute atomic E-state index is 0.204. The van der Waals surface area contributed by atoms with Crippen molar-refractivity contribution in [3.05, 3.63) is 69.7 Å². The van der Waals surface area contributed by atoms with E-state index in [1.54, 1.807) is 0 Å². The topological polar surface area (TPSA) is 29.5 Å². The summed E-state index contributed by atoms with van der Waals surface area (Å²) in [5.74, 6) is 0.523. The summed E-state index contributed by atoms with van der Waals surface area (Å²) in [4.78, 5) is 14.0. The van der Waals surface area contributed by atoms with Gasteiger partial charge in [0, 0.05) is 17.6 Å². The molecule has 2 aromatic carbocycles. The van der Waals surface area contributed by atoms with Gasteiger partial charge in [0.15, 0.2) is 0 Å². The number of benzene rings is 2. The van der Waals surface area contributed by atoms with E-state index in [9.17, 15) is 4.79 Å². The number of hydrogen-bond donors (Lipinski definition) is 0. The summed E-state index contributed by atoms with van der Waals surface area (Å²) in [6.07, 6.45) is 1.77. The zero-order valence-corrected chi connectivity index (χ0v) is 15.5. The SMILES string of the molecule is Cc1cc(C2CCN(C(=O)OCc3ccccc3)CC2)ccc1Br. The summed E-state index contributed by atoms with van der Waals surface area (Å²) < 4.78 is 6.57. The number of rotatable bonds is 3. The molecule has 0 radical (unpaired) electrons. The van der Waals surface area contributed by atoms with Gasteiger partial charge in [-0.15, -0.1) is 0 Å². The second kappa shape index (κ2) is 7.84. The highest BCUT2D eigenvalue weighted by Gasteiger charge is 2.24. The van der Waals surface area contributed by atoms with E-state index in [4.69, 9.17) is 4.74 Å². The number of nitrogens with zero attached hydrogens (tertiary/aromatic N) is 1. The Kier molecular flexibility index (Phi) is 5.56. The minimum atomic E-state index is -0.204. The fraction of sp³-hybridized carbons (Fsp3) is 0.350. The lowest BCUT2D eigenvalue weighted by molar-refractivity contribution is 0.0870. The molecule has 0 saturated carbocycles. The lowest BCUT2D eigenvalue weighted by atomic mass is 9.89. The zero-order chi connectivity index (χ0) is 16.9. The van der Waals surface area contributed by atoms with Crippen LogP contribution in [-0.4, -0.2) is 24.1 Å². The van der Waals surface area contributed by atoms with Gasteiger partial charge in [0.2, 0.25) is 0 Å². The average Bonchev–Trinajstić information content (AvgIpc) is 2.63. The maximum atomic E-state index is 12.2. The van der Waals surface area contributed by atoms with Gasteiger partial charge in [-0.3, -0.25) is 0 Å². The Balaban J connectivity index is 1.51. The molecule has 1 aliphatic heterocycles. The van der Waals surface area contributed by atoms with Gasteiger partial charge in [-0.25, -0.2) is 4.79 Å². The van der Waals surface area contributed by atoms with Crippen LogP contribution in [0.5, 0.6) is 0 Å². The van der Waals surface area contributed by atoms with Crippen molar-refractivity contribution in [3.8, 4) is 0 Å². The Morgan fingerprint density at radius 1 is 1.17 bits per heavy atom. The van der Waals surface area contributed by atoms with Crippen molar-refractivity contribution in [2.75, 3.05) is 13.1 Å². The van der Waals surface area contributed by atoms with Crippen LogP contribution in [0, 0.1) is 6.92 Å². The van der Waals surface area contributed by atoms with E-state index in [0.717, 1.165) is 36.0 Å². The molecule has 1 fully saturated rings. The van der Waals surface area contributed by atoms with Crippen molar-refractivity contribution < 1.29 is 9.53 Å². The number of ether oxygens (including phenoxy) is 1. The third-order valence-corrected chi connectivity index (χ3v) is 5.50. The van der Waals surface area contributed by atoms with Crippen LogP contribution in [-0.2, 0) is 11.3 Å². The van der Waals surface area contributed by atoms with E-state index >= 15 is 0 Å². The number of amides is 1. The van der Waals surface area contributed by atoms with Gasteiger partial charge in [-0.1, -0.05) is 58.4 Å². The van der Waals surface area contributed by atoms with E-state index in [1.165, 1.54) is 11.1 Å². The van der Waals surface area contributed by atoms with Crippen LogP contribution in [0.4, 0.5) is 4.79 Å². The molecular weight excluding hydrogens is 366 g/mol. The summed E-state index contributed by atoms with van der Waals surface area (Å²) >= 11 is 3.55. The fourth-order valence-electron chi connectivity index (χ4n) is 3.13. The van der Waals surface area contributed by atoms with E-state index in [2.05, 4.69) is 41.1 Å². The molecule has 3 nitrogen and oxygen atoms in total. The van der Waals surface area contributed by atoms with Crippen molar-refractivity contribution >= 4 is 22.0 Å². The summed E-state index contributed by atoms with van der Waals surface area (Å²) in [5, 5.41) is 0. The molecule has 0 aliphatic carbocycles. The van der Waals surface area contributed by atoms with Gasteiger partial charge in [-0.05, 0) is 48.4 Å². The van der Waals surface area contributed by atoms with Crippen molar-refractivity contribution in [1.82, 2.24) is 4.90 Å². The lowest BCUT2D eigenvalue weighted by Gasteiger charge is -2.31. The number of halogens is 1. The van der Waals surface area contributed by atoms with Gasteiger partial charge in [-0.2, -0.15) is 0 Å². The Morgan fingerprint density at radius 2 is 1.88 bits per heavy atom. The normalized spacial score (nSPS) is 15.3. The minimum Gasteiger partial charge on any atom is -0.445 e. The van der Waals surface area contributed by atoms with E-state index in [-0.39, 0.29) is 6.09 Å². The highest BCUT2D eigenvalue weighted by Crippen LogP contribution is 2.30. The number of carbonyl (C=O) groups excluding carboxylic acids is 1. The third kappa shape index (κ3) is 4.18. The maximum absolute atomic E-state index is 12.2. The van der Waals surface area contributed by atoms with Gasteiger partial charge < -0.3 is 9.64 Å². The Labute approximate surface area is 151 Å². The molecule has 0 N–H and O–H groups in total. The number of piperidine rings is 1. The zero-order valence-electron chi connectivity index (χ0n) is 13.9. The number of likely N-dealkylation sites (tertiary alicyclic amines) is 1. The highest BCUT2D eigenvalue weighted by atomic mass is 79.9. The molecule has 24 heavy (non-hydrogen) atoms. The summed E-state index contributed by atoms with van der Waals surface area (Å²) in [7, 11) is 0. The molecule has 1 amide bonds. The van der Waals surface area contributed by atoms with Gasteiger partial charge in [0.05, 0.1) is 0 Å². The van der Waals surface area contributed by atoms with Crippen molar-refractivity contribution in [1.29, 1.82) is 0 Å².